The number of anilines is 1. The summed E-state index contributed by atoms with van der Waals surface area (Å²) < 4.78 is 4.84. The van der Waals surface area contributed by atoms with Gasteiger partial charge in [-0.2, -0.15) is 5.26 Å². The number of nitriles is 1. The molecule has 2 aromatic carbocycles. The number of benzene rings is 2. The smallest absolute Gasteiger partial charge is 0.345 e. The summed E-state index contributed by atoms with van der Waals surface area (Å²) >= 11 is 0. The van der Waals surface area contributed by atoms with Crippen LogP contribution < -0.4 is 5.32 Å². The first-order valence-electron chi connectivity index (χ1n) is 7.13. The summed E-state index contributed by atoms with van der Waals surface area (Å²) in [7, 11) is 0. The maximum Gasteiger partial charge on any atom is 0.345 e. The molecule has 25 heavy (non-hydrogen) atoms. The number of esters is 1. The lowest BCUT2D eigenvalue weighted by Crippen LogP contribution is -2.21. The Labute approximate surface area is 142 Å². The first-order chi connectivity index (χ1) is 11.9. The number of nitrogens with zero attached hydrogens (tertiary/aromatic N) is 2. The maximum absolute atomic E-state index is 12.0. The Morgan fingerprint density at radius 2 is 2.00 bits per heavy atom. The van der Waals surface area contributed by atoms with Crippen LogP contribution in [0.3, 0.4) is 0 Å². The second kappa shape index (κ2) is 7.70. The van der Waals surface area contributed by atoms with Crippen molar-refractivity contribution in [2.24, 2.45) is 0 Å². The van der Waals surface area contributed by atoms with E-state index >= 15 is 0 Å². The molecule has 8 heteroatoms. The van der Waals surface area contributed by atoms with Gasteiger partial charge in [0.05, 0.1) is 16.6 Å². The Bertz CT molecular complexity index is 886. The number of nitro benzene ring substituents is 1. The molecule has 0 aromatic heterocycles. The number of rotatable bonds is 5. The average molecular weight is 339 g/mol. The van der Waals surface area contributed by atoms with Gasteiger partial charge in [0, 0.05) is 11.3 Å². The highest BCUT2D eigenvalue weighted by Crippen LogP contribution is 2.23. The van der Waals surface area contributed by atoms with E-state index < -0.39 is 23.4 Å². The highest BCUT2D eigenvalue weighted by molar-refractivity contribution is 5.97. The van der Waals surface area contributed by atoms with Crippen molar-refractivity contribution in [3.63, 3.8) is 0 Å². The molecule has 2 rings (SSSR count). The maximum atomic E-state index is 12.0. The summed E-state index contributed by atoms with van der Waals surface area (Å²) in [5.74, 6) is -1.59. The fourth-order valence-electron chi connectivity index (χ4n) is 2.14. The Hall–Kier alpha value is -3.73. The standard InChI is InChI=1S/C17H13N3O5/c1-11-4-2-7-14(16(11)20(23)24)17(22)25-10-15(21)19-13-6-3-5-12(8-13)9-18/h2-8H,10H2,1H3,(H,19,21). The highest BCUT2D eigenvalue weighted by Gasteiger charge is 2.24. The number of para-hydroxylation sites is 1. The van der Waals surface area contributed by atoms with Crippen LogP contribution in [0.1, 0.15) is 21.5 Å². The summed E-state index contributed by atoms with van der Waals surface area (Å²) in [4.78, 5) is 34.3. The molecule has 0 saturated heterocycles. The van der Waals surface area contributed by atoms with Gasteiger partial charge >= 0.3 is 5.97 Å². The number of nitrogens with one attached hydrogen (secondary N) is 1. The van der Waals surface area contributed by atoms with E-state index in [0.29, 0.717) is 16.8 Å². The van der Waals surface area contributed by atoms with Crippen LogP contribution in [0.4, 0.5) is 11.4 Å². The molecule has 0 unspecified atom stereocenters. The molecule has 2 aromatic rings. The zero-order valence-corrected chi connectivity index (χ0v) is 13.2. The van der Waals surface area contributed by atoms with Crippen LogP contribution in [-0.4, -0.2) is 23.4 Å². The summed E-state index contributed by atoms with van der Waals surface area (Å²) in [5, 5.41) is 22.4. The lowest BCUT2D eigenvalue weighted by Gasteiger charge is -2.08. The van der Waals surface area contributed by atoms with Crippen LogP contribution in [0.5, 0.6) is 0 Å². The predicted molar refractivity (Wildman–Crippen MR) is 87.9 cm³/mol. The molecule has 0 aliphatic heterocycles. The van der Waals surface area contributed by atoms with Crippen molar-refractivity contribution in [2.75, 3.05) is 11.9 Å². The van der Waals surface area contributed by atoms with E-state index in [1.165, 1.54) is 31.2 Å². The van der Waals surface area contributed by atoms with Gasteiger partial charge in [0.25, 0.3) is 11.6 Å². The molecular formula is C17H13N3O5. The van der Waals surface area contributed by atoms with Gasteiger partial charge in [0.1, 0.15) is 5.56 Å². The third kappa shape index (κ3) is 4.39. The monoisotopic (exact) mass is 339 g/mol. The van der Waals surface area contributed by atoms with E-state index in [1.54, 1.807) is 18.2 Å². The van der Waals surface area contributed by atoms with E-state index in [1.807, 2.05) is 6.07 Å². The van der Waals surface area contributed by atoms with Crippen molar-refractivity contribution in [3.05, 3.63) is 69.3 Å². The van der Waals surface area contributed by atoms with Crippen molar-refractivity contribution in [2.45, 2.75) is 6.92 Å². The van der Waals surface area contributed by atoms with Gasteiger partial charge in [0.2, 0.25) is 0 Å². The van der Waals surface area contributed by atoms with E-state index in [-0.39, 0.29) is 11.3 Å². The normalized spacial score (nSPS) is 9.76. The minimum atomic E-state index is -0.962. The van der Waals surface area contributed by atoms with Gasteiger partial charge in [0.15, 0.2) is 6.61 Å². The molecule has 0 spiro atoms. The zero-order chi connectivity index (χ0) is 18.4. The Balaban J connectivity index is 2.03. The number of carbonyl (C=O) groups is 2. The summed E-state index contributed by atoms with van der Waals surface area (Å²) in [6.45, 7) is 0.893. The summed E-state index contributed by atoms with van der Waals surface area (Å²) in [6, 6.07) is 12.4. The fraction of sp³-hybridized carbons (Fsp3) is 0.118. The summed E-state index contributed by atoms with van der Waals surface area (Å²) in [5.41, 5.74) is 0.489. The van der Waals surface area contributed by atoms with Gasteiger partial charge in [-0.15, -0.1) is 0 Å². The van der Waals surface area contributed by atoms with Crippen LogP contribution in [0.15, 0.2) is 42.5 Å². The first-order valence-corrected chi connectivity index (χ1v) is 7.13. The van der Waals surface area contributed by atoms with E-state index in [4.69, 9.17) is 10.00 Å². The van der Waals surface area contributed by atoms with Crippen molar-refractivity contribution < 1.29 is 19.2 Å². The Kier molecular flexibility index (Phi) is 5.43. The van der Waals surface area contributed by atoms with Crippen molar-refractivity contribution >= 4 is 23.3 Å². The summed E-state index contributed by atoms with van der Waals surface area (Å²) in [6.07, 6.45) is 0. The van der Waals surface area contributed by atoms with Gasteiger partial charge in [-0.3, -0.25) is 14.9 Å². The molecule has 0 saturated carbocycles. The number of ether oxygens (including phenoxy) is 1. The van der Waals surface area contributed by atoms with Gasteiger partial charge in [-0.25, -0.2) is 4.79 Å². The van der Waals surface area contributed by atoms with Crippen LogP contribution in [0.2, 0.25) is 0 Å². The molecule has 0 bridgehead atoms. The van der Waals surface area contributed by atoms with Crippen molar-refractivity contribution in [3.8, 4) is 6.07 Å². The molecule has 0 atom stereocenters. The van der Waals surface area contributed by atoms with Crippen molar-refractivity contribution in [1.29, 1.82) is 5.26 Å². The van der Waals surface area contributed by atoms with Crippen LogP contribution >= 0.6 is 0 Å². The van der Waals surface area contributed by atoms with Gasteiger partial charge in [-0.1, -0.05) is 18.2 Å². The molecule has 0 aliphatic rings. The third-order valence-corrected chi connectivity index (χ3v) is 3.25. The molecule has 0 radical (unpaired) electrons. The quantitative estimate of drug-likeness (QED) is 0.507. The first kappa shape index (κ1) is 17.6. The predicted octanol–water partition coefficient (Wildman–Crippen LogP) is 2.57. The fourth-order valence-corrected chi connectivity index (χ4v) is 2.14. The number of carbonyl (C=O) groups excluding carboxylic acids is 2. The number of nitro groups is 1. The Morgan fingerprint density at radius 3 is 2.68 bits per heavy atom. The minimum Gasteiger partial charge on any atom is -0.452 e. The van der Waals surface area contributed by atoms with E-state index in [2.05, 4.69) is 5.32 Å². The number of hydrogen-bond acceptors (Lipinski definition) is 6. The average Bonchev–Trinajstić information content (AvgIpc) is 2.59. The number of hydrogen-bond donors (Lipinski definition) is 1. The van der Waals surface area contributed by atoms with E-state index in [0.717, 1.165) is 0 Å². The largest absolute Gasteiger partial charge is 0.452 e. The number of aryl methyl sites for hydroxylation is 1. The molecule has 0 fully saturated rings. The van der Waals surface area contributed by atoms with Gasteiger partial charge < -0.3 is 10.1 Å². The number of amides is 1. The third-order valence-electron chi connectivity index (χ3n) is 3.25. The molecule has 1 N–H and O–H groups in total. The topological polar surface area (TPSA) is 122 Å². The van der Waals surface area contributed by atoms with E-state index in [9.17, 15) is 19.7 Å². The molecule has 0 aliphatic carbocycles. The molecule has 0 heterocycles. The molecular weight excluding hydrogens is 326 g/mol. The molecule has 1 amide bonds. The van der Waals surface area contributed by atoms with Crippen LogP contribution in [-0.2, 0) is 9.53 Å². The second-order valence-electron chi connectivity index (χ2n) is 5.05. The second-order valence-corrected chi connectivity index (χ2v) is 5.05. The highest BCUT2D eigenvalue weighted by atomic mass is 16.6. The minimum absolute atomic E-state index is 0.218. The van der Waals surface area contributed by atoms with Crippen LogP contribution in [0.25, 0.3) is 0 Å². The lowest BCUT2D eigenvalue weighted by molar-refractivity contribution is -0.385. The van der Waals surface area contributed by atoms with Gasteiger partial charge in [-0.05, 0) is 31.2 Å². The zero-order valence-electron chi connectivity index (χ0n) is 13.2. The SMILES string of the molecule is Cc1cccc(C(=O)OCC(=O)Nc2cccc(C#N)c2)c1[N+](=O)[O-]. The molecule has 126 valence electrons. The Morgan fingerprint density at radius 1 is 1.28 bits per heavy atom. The lowest BCUT2D eigenvalue weighted by atomic mass is 10.1. The van der Waals surface area contributed by atoms with Crippen LogP contribution in [0, 0.1) is 28.4 Å². The van der Waals surface area contributed by atoms with Crippen molar-refractivity contribution in [1.82, 2.24) is 0 Å². The molecule has 8 nitrogen and oxygen atoms in total.